The maximum absolute atomic E-state index is 5.17. The van der Waals surface area contributed by atoms with E-state index in [-0.39, 0.29) is 0 Å². The van der Waals surface area contributed by atoms with E-state index in [4.69, 9.17) is 9.97 Å². The average Bonchev–Trinajstić information content (AvgIpc) is 4.14. The normalized spacial score (nSPS) is 12.2. The van der Waals surface area contributed by atoms with Gasteiger partial charge in [0.2, 0.25) is 11.6 Å². The number of hydrogen-bond donors (Lipinski definition) is 0. The molecule has 0 aliphatic heterocycles. The molecule has 0 fully saturated rings. The lowest BCUT2D eigenvalue weighted by Gasteiger charge is -2.07. The van der Waals surface area contributed by atoms with E-state index < -0.39 is 0 Å². The molecule has 0 aliphatic carbocycles. The first-order chi connectivity index (χ1) is 29.7. The van der Waals surface area contributed by atoms with E-state index in [1.165, 1.54) is 49.1 Å². The van der Waals surface area contributed by atoms with Gasteiger partial charge in [0.25, 0.3) is 0 Å². The predicted octanol–water partition coefficient (Wildman–Crippen LogP) is 12.2. The summed E-state index contributed by atoms with van der Waals surface area (Å²) < 4.78 is 13.7. The molecule has 0 saturated carbocycles. The zero-order valence-electron chi connectivity index (χ0n) is 32.9. The molecule has 0 N–H and O–H groups in total. The van der Waals surface area contributed by atoms with Crippen LogP contribution in [-0.4, -0.2) is 37.0 Å². The first-order valence-corrected chi connectivity index (χ1v) is 20.3. The summed E-state index contributed by atoms with van der Waals surface area (Å²) in [5.74, 6) is 1.90. The lowest BCUT2D eigenvalue weighted by Crippen LogP contribution is -1.94. The number of aryl methyl sites for hydroxylation is 2. The highest BCUT2D eigenvalue weighted by atomic mass is 15.2. The van der Waals surface area contributed by atoms with Gasteiger partial charge in [0.05, 0.1) is 55.2 Å². The number of aromatic nitrogens is 8. The molecule has 0 amide bonds. The van der Waals surface area contributed by atoms with Crippen LogP contribution in [0.5, 0.6) is 0 Å². The maximum Gasteiger partial charge on any atom is 0.220 e. The molecule has 8 aromatic carbocycles. The Labute approximate surface area is 342 Å². The minimum absolute atomic E-state index is 0.940. The van der Waals surface area contributed by atoms with Gasteiger partial charge in [0.1, 0.15) is 5.52 Å². The number of benzene rings is 8. The van der Waals surface area contributed by atoms with E-state index in [2.05, 4.69) is 217 Å². The van der Waals surface area contributed by atoms with Gasteiger partial charge in [-0.05, 0) is 84.9 Å². The smallest absolute Gasteiger partial charge is 0.220 e. The molecule has 0 spiro atoms. The molecule has 0 bridgehead atoms. The van der Waals surface area contributed by atoms with Crippen LogP contribution in [0.4, 0.5) is 0 Å². The average molecular weight is 773 g/mol. The summed E-state index contributed by atoms with van der Waals surface area (Å²) in [5.41, 5.74) is 16.1. The Morgan fingerprint density at radius 3 is 1.57 bits per heavy atom. The zero-order chi connectivity index (χ0) is 39.6. The molecule has 0 saturated heterocycles. The highest BCUT2D eigenvalue weighted by molar-refractivity contribution is 6.19. The summed E-state index contributed by atoms with van der Waals surface area (Å²) in [6.45, 7) is 0. The topological polar surface area (TPSA) is 54.3 Å². The van der Waals surface area contributed by atoms with Crippen LogP contribution in [0.1, 0.15) is 0 Å². The Morgan fingerprint density at radius 2 is 0.850 bits per heavy atom. The van der Waals surface area contributed by atoms with Crippen LogP contribution in [0.3, 0.4) is 0 Å². The maximum atomic E-state index is 5.17. The summed E-state index contributed by atoms with van der Waals surface area (Å²) in [5, 5.41) is 5.02. The van der Waals surface area contributed by atoms with Crippen molar-refractivity contribution in [3.63, 3.8) is 0 Å². The standard InChI is InChI=1S/2C26H18N4/c1-28-21-12-6-5-11-18(21)19-15-16-20-25(24(19)28)30-23-14-8-7-13-22(23)29(26(30)27-20)17-9-3-2-4-10-17;1-28-21-13-7-8-14-22(21)30-23-16-15-19-18-11-5-6-12-20(18)29(17-9-3-2-4-10-17)25(19)24(23)27-26(28)30/h2*2-16H,1H3. The Balaban J connectivity index is 0.000000123. The second-order valence-corrected chi connectivity index (χ2v) is 15.6. The van der Waals surface area contributed by atoms with E-state index in [1.54, 1.807) is 0 Å². The largest absolute Gasteiger partial charge is 0.342 e. The molecule has 0 unspecified atom stereocenters. The number of hydrogen-bond acceptors (Lipinski definition) is 2. The fraction of sp³-hybridized carbons (Fsp3) is 0.0385. The summed E-state index contributed by atoms with van der Waals surface area (Å²) in [7, 11) is 4.24. The van der Waals surface area contributed by atoms with Crippen LogP contribution in [-0.2, 0) is 14.1 Å². The third-order valence-corrected chi connectivity index (χ3v) is 12.5. The monoisotopic (exact) mass is 772 g/mol. The van der Waals surface area contributed by atoms with E-state index in [1.807, 2.05) is 6.07 Å². The number of fused-ring (bicyclic) bond motifs is 18. The molecule has 0 aliphatic rings. The molecule has 284 valence electrons. The van der Waals surface area contributed by atoms with E-state index >= 15 is 0 Å². The lowest BCUT2D eigenvalue weighted by atomic mass is 10.1. The van der Waals surface area contributed by atoms with Gasteiger partial charge in [-0.1, -0.05) is 97.1 Å². The minimum atomic E-state index is 0.940. The van der Waals surface area contributed by atoms with Crippen molar-refractivity contribution in [2.45, 2.75) is 0 Å². The van der Waals surface area contributed by atoms with Crippen molar-refractivity contribution in [2.24, 2.45) is 14.1 Å². The van der Waals surface area contributed by atoms with Crippen molar-refractivity contribution >= 4 is 99.3 Å². The summed E-state index contributed by atoms with van der Waals surface area (Å²) >= 11 is 0. The number of imidazole rings is 4. The number of rotatable bonds is 2. The van der Waals surface area contributed by atoms with Crippen LogP contribution < -0.4 is 0 Å². The predicted molar refractivity (Wildman–Crippen MR) is 247 cm³/mol. The molecule has 8 nitrogen and oxygen atoms in total. The third kappa shape index (κ3) is 4.34. The summed E-state index contributed by atoms with van der Waals surface area (Å²) in [6.07, 6.45) is 0. The molecule has 6 aromatic heterocycles. The summed E-state index contributed by atoms with van der Waals surface area (Å²) in [4.78, 5) is 10.3. The quantitative estimate of drug-likeness (QED) is 0.176. The molecular formula is C52H36N8. The van der Waals surface area contributed by atoms with Crippen molar-refractivity contribution in [3.05, 3.63) is 182 Å². The van der Waals surface area contributed by atoms with E-state index in [9.17, 15) is 0 Å². The van der Waals surface area contributed by atoms with Crippen molar-refractivity contribution in [1.29, 1.82) is 0 Å². The Bertz CT molecular complexity index is 4020. The molecular weight excluding hydrogens is 737 g/mol. The van der Waals surface area contributed by atoms with E-state index in [0.29, 0.717) is 0 Å². The highest BCUT2D eigenvalue weighted by Crippen LogP contribution is 2.39. The molecule has 60 heavy (non-hydrogen) atoms. The van der Waals surface area contributed by atoms with Gasteiger partial charge in [-0.25, -0.2) is 9.97 Å². The minimum Gasteiger partial charge on any atom is -0.342 e. The lowest BCUT2D eigenvalue weighted by molar-refractivity contribution is 0.973. The second kappa shape index (κ2) is 12.2. The number of nitrogens with zero attached hydrogens (tertiary/aromatic N) is 8. The van der Waals surface area contributed by atoms with Crippen LogP contribution in [0.25, 0.3) is 111 Å². The molecule has 14 aromatic rings. The zero-order valence-corrected chi connectivity index (χ0v) is 32.9. The van der Waals surface area contributed by atoms with Gasteiger partial charge in [0, 0.05) is 52.5 Å². The van der Waals surface area contributed by atoms with Crippen molar-refractivity contribution in [2.75, 3.05) is 0 Å². The Hall–Kier alpha value is -8.10. The molecule has 8 heteroatoms. The molecule has 0 atom stereocenters. The van der Waals surface area contributed by atoms with Gasteiger partial charge < -0.3 is 13.7 Å². The Morgan fingerprint density at radius 1 is 0.317 bits per heavy atom. The van der Waals surface area contributed by atoms with Crippen molar-refractivity contribution in [3.8, 4) is 11.4 Å². The van der Waals surface area contributed by atoms with Gasteiger partial charge >= 0.3 is 0 Å². The van der Waals surface area contributed by atoms with Crippen LogP contribution >= 0.6 is 0 Å². The molecule has 6 heterocycles. The van der Waals surface area contributed by atoms with Crippen molar-refractivity contribution < 1.29 is 0 Å². The van der Waals surface area contributed by atoms with Gasteiger partial charge in [-0.2, -0.15) is 0 Å². The first kappa shape index (κ1) is 32.9. The summed E-state index contributed by atoms with van der Waals surface area (Å²) in [6, 6.07) is 64.1. The molecule has 14 rings (SSSR count). The van der Waals surface area contributed by atoms with Gasteiger partial charge in [-0.3, -0.25) is 13.4 Å². The van der Waals surface area contributed by atoms with Gasteiger partial charge in [0.15, 0.2) is 0 Å². The first-order valence-electron chi connectivity index (χ1n) is 20.3. The molecule has 0 radical (unpaired) electrons. The van der Waals surface area contributed by atoms with Crippen molar-refractivity contribution in [1.82, 2.24) is 37.0 Å². The number of para-hydroxylation sites is 8. The van der Waals surface area contributed by atoms with Gasteiger partial charge in [-0.15, -0.1) is 0 Å². The SMILES string of the molecule is Cn1c2ccccc2c2ccc3nc4n(-c5ccccc5)c5ccccc5n4c3c21.Cn1c2ccccc2n2c3ccc4c5ccccc5n(-c5ccccc5)c4c3nc12. The third-order valence-electron chi connectivity index (χ3n) is 12.5. The van der Waals surface area contributed by atoms with E-state index in [0.717, 1.165) is 61.5 Å². The highest BCUT2D eigenvalue weighted by Gasteiger charge is 2.22. The fourth-order valence-corrected chi connectivity index (χ4v) is 9.90. The second-order valence-electron chi connectivity index (χ2n) is 15.6. The van der Waals surface area contributed by atoms with Crippen LogP contribution in [0.15, 0.2) is 182 Å². The Kier molecular flexibility index (Phi) is 6.70. The fourth-order valence-electron chi connectivity index (χ4n) is 9.90. The van der Waals surface area contributed by atoms with Crippen LogP contribution in [0, 0.1) is 0 Å². The van der Waals surface area contributed by atoms with Crippen LogP contribution in [0.2, 0.25) is 0 Å².